The van der Waals surface area contributed by atoms with Gasteiger partial charge >= 0.3 is 0 Å². The molecule has 3 heteroatoms. The molecule has 86 valence electrons. The van der Waals surface area contributed by atoms with Crippen LogP contribution in [0.25, 0.3) is 0 Å². The minimum atomic E-state index is -0.0572. The summed E-state index contributed by atoms with van der Waals surface area (Å²) in [5, 5.41) is 3.40. The van der Waals surface area contributed by atoms with Crippen LogP contribution in [0.15, 0.2) is 12.3 Å². The topological polar surface area (TPSA) is 34.2 Å². The average Bonchev–Trinajstić information content (AvgIpc) is 2.55. The van der Waals surface area contributed by atoms with E-state index in [9.17, 15) is 0 Å². The summed E-state index contributed by atoms with van der Waals surface area (Å²) >= 11 is 0. The maximum atomic E-state index is 6.24. The number of rotatable bonds is 0. The van der Waals surface area contributed by atoms with Crippen LogP contribution in [-0.4, -0.2) is 18.1 Å². The zero-order chi connectivity index (χ0) is 11.2. The lowest BCUT2D eigenvalue weighted by Gasteiger charge is -2.35. The lowest BCUT2D eigenvalue weighted by Crippen LogP contribution is -2.40. The summed E-state index contributed by atoms with van der Waals surface area (Å²) in [5.74, 6) is 0. The van der Waals surface area contributed by atoms with Gasteiger partial charge in [0.05, 0.1) is 17.4 Å². The van der Waals surface area contributed by atoms with Gasteiger partial charge in [-0.2, -0.15) is 0 Å². The first-order chi connectivity index (χ1) is 7.73. The Morgan fingerprint density at radius 3 is 2.94 bits per heavy atom. The Balaban J connectivity index is 2.13. The first-order valence-corrected chi connectivity index (χ1v) is 6.07. The molecule has 16 heavy (non-hydrogen) atoms. The quantitative estimate of drug-likeness (QED) is 0.723. The summed E-state index contributed by atoms with van der Waals surface area (Å²) in [4.78, 5) is 4.51. The van der Waals surface area contributed by atoms with E-state index in [1.165, 1.54) is 11.1 Å². The van der Waals surface area contributed by atoms with Crippen molar-refractivity contribution in [3.8, 4) is 0 Å². The Kier molecular flexibility index (Phi) is 2.26. The van der Waals surface area contributed by atoms with Crippen LogP contribution in [0.5, 0.6) is 0 Å². The van der Waals surface area contributed by atoms with Crippen molar-refractivity contribution >= 4 is 0 Å². The number of aromatic nitrogens is 1. The van der Waals surface area contributed by atoms with E-state index in [1.54, 1.807) is 0 Å². The fraction of sp³-hybridized carbons (Fsp3) is 0.615. The van der Waals surface area contributed by atoms with Crippen LogP contribution in [0.2, 0.25) is 0 Å². The molecule has 0 saturated carbocycles. The van der Waals surface area contributed by atoms with E-state index < -0.39 is 0 Å². The van der Waals surface area contributed by atoms with Gasteiger partial charge in [0.1, 0.15) is 0 Å². The Labute approximate surface area is 96.2 Å². The second kappa shape index (κ2) is 3.54. The number of nitrogens with one attached hydrogen (secondary N) is 1. The molecular weight excluding hydrogens is 200 g/mol. The molecule has 2 aliphatic heterocycles. The van der Waals surface area contributed by atoms with Crippen molar-refractivity contribution < 1.29 is 4.74 Å². The third kappa shape index (κ3) is 1.31. The largest absolute Gasteiger partial charge is 0.361 e. The predicted molar refractivity (Wildman–Crippen MR) is 62.3 cm³/mol. The van der Waals surface area contributed by atoms with Crippen molar-refractivity contribution in [2.45, 2.75) is 38.4 Å². The standard InChI is InChI=1S/C13H18N2O/c1-9-3-6-15-12-10(2)16-13(11(9)12)4-7-14-8-5-13/h3,6,10,14H,4-5,7-8H2,1-2H3/t10-/m1/s1. The van der Waals surface area contributed by atoms with Crippen LogP contribution in [0.1, 0.15) is 42.7 Å². The lowest BCUT2D eigenvalue weighted by atomic mass is 9.83. The van der Waals surface area contributed by atoms with Gasteiger partial charge in [-0.15, -0.1) is 0 Å². The molecule has 1 aromatic rings. The average molecular weight is 218 g/mol. The summed E-state index contributed by atoms with van der Waals surface area (Å²) in [6, 6.07) is 2.10. The zero-order valence-corrected chi connectivity index (χ0v) is 9.92. The first-order valence-electron chi connectivity index (χ1n) is 6.07. The van der Waals surface area contributed by atoms with Crippen molar-refractivity contribution in [2.24, 2.45) is 0 Å². The van der Waals surface area contributed by atoms with Crippen LogP contribution >= 0.6 is 0 Å². The SMILES string of the molecule is Cc1ccnc2c1C1(CCNCC1)O[C@@H]2C. The molecule has 0 aromatic carbocycles. The highest BCUT2D eigenvalue weighted by molar-refractivity contribution is 5.39. The molecule has 1 atom stereocenters. The van der Waals surface area contributed by atoms with E-state index in [-0.39, 0.29) is 11.7 Å². The highest BCUT2D eigenvalue weighted by Crippen LogP contribution is 2.48. The van der Waals surface area contributed by atoms with E-state index in [0.717, 1.165) is 31.6 Å². The number of fused-ring (bicyclic) bond motifs is 2. The molecule has 0 amide bonds. The summed E-state index contributed by atoms with van der Waals surface area (Å²) in [5.41, 5.74) is 3.79. The van der Waals surface area contributed by atoms with Gasteiger partial charge in [-0.25, -0.2) is 0 Å². The van der Waals surface area contributed by atoms with E-state index in [0.29, 0.717) is 0 Å². The number of hydrogen-bond acceptors (Lipinski definition) is 3. The second-order valence-corrected chi connectivity index (χ2v) is 4.89. The molecule has 2 aliphatic rings. The second-order valence-electron chi connectivity index (χ2n) is 4.89. The van der Waals surface area contributed by atoms with Gasteiger partial charge in [-0.1, -0.05) is 0 Å². The maximum absolute atomic E-state index is 6.24. The van der Waals surface area contributed by atoms with Gasteiger partial charge in [-0.3, -0.25) is 4.98 Å². The fourth-order valence-electron chi connectivity index (χ4n) is 3.13. The van der Waals surface area contributed by atoms with Crippen LogP contribution in [0.4, 0.5) is 0 Å². The van der Waals surface area contributed by atoms with Gasteiger partial charge in [0, 0.05) is 11.8 Å². The van der Waals surface area contributed by atoms with Gasteiger partial charge in [-0.05, 0) is 51.4 Å². The van der Waals surface area contributed by atoms with Gasteiger partial charge in [0.25, 0.3) is 0 Å². The summed E-state index contributed by atoms with van der Waals surface area (Å²) in [6.07, 6.45) is 4.18. The van der Waals surface area contributed by atoms with Gasteiger partial charge in [0.15, 0.2) is 0 Å². The van der Waals surface area contributed by atoms with Crippen LogP contribution in [-0.2, 0) is 10.3 Å². The fourth-order valence-corrected chi connectivity index (χ4v) is 3.13. The minimum Gasteiger partial charge on any atom is -0.361 e. The molecule has 1 fully saturated rings. The molecule has 3 rings (SSSR count). The van der Waals surface area contributed by atoms with Crippen LogP contribution < -0.4 is 5.32 Å². The molecule has 3 nitrogen and oxygen atoms in total. The Hall–Kier alpha value is -0.930. The third-order valence-corrected chi connectivity index (χ3v) is 3.84. The highest BCUT2D eigenvalue weighted by Gasteiger charge is 2.45. The number of pyridine rings is 1. The summed E-state index contributed by atoms with van der Waals surface area (Å²) in [7, 11) is 0. The van der Waals surface area contributed by atoms with Crippen molar-refractivity contribution in [1.82, 2.24) is 10.3 Å². The monoisotopic (exact) mass is 218 g/mol. The van der Waals surface area contributed by atoms with Crippen LogP contribution in [0.3, 0.4) is 0 Å². The third-order valence-electron chi connectivity index (χ3n) is 3.84. The van der Waals surface area contributed by atoms with Crippen molar-refractivity contribution in [2.75, 3.05) is 13.1 Å². The van der Waals surface area contributed by atoms with Crippen molar-refractivity contribution in [3.63, 3.8) is 0 Å². The molecule has 0 aliphatic carbocycles. The smallest absolute Gasteiger partial charge is 0.0985 e. The van der Waals surface area contributed by atoms with E-state index in [1.807, 2.05) is 6.20 Å². The molecule has 1 N–H and O–H groups in total. The van der Waals surface area contributed by atoms with E-state index >= 15 is 0 Å². The number of ether oxygens (including phenoxy) is 1. The molecule has 1 spiro atoms. The number of piperidine rings is 1. The Morgan fingerprint density at radius 2 is 2.19 bits per heavy atom. The van der Waals surface area contributed by atoms with Gasteiger partial charge < -0.3 is 10.1 Å². The Bertz CT molecular complexity index is 410. The van der Waals surface area contributed by atoms with Crippen LogP contribution in [0, 0.1) is 6.92 Å². The Morgan fingerprint density at radius 1 is 1.44 bits per heavy atom. The first kappa shape index (κ1) is 10.2. The van der Waals surface area contributed by atoms with Crippen molar-refractivity contribution in [1.29, 1.82) is 0 Å². The number of hydrogen-bond donors (Lipinski definition) is 1. The summed E-state index contributed by atoms with van der Waals surface area (Å²) in [6.45, 7) is 6.37. The molecule has 0 unspecified atom stereocenters. The summed E-state index contributed by atoms with van der Waals surface area (Å²) < 4.78 is 6.24. The zero-order valence-electron chi connectivity index (χ0n) is 9.92. The molecule has 0 bridgehead atoms. The number of nitrogens with zero attached hydrogens (tertiary/aromatic N) is 1. The maximum Gasteiger partial charge on any atom is 0.0985 e. The van der Waals surface area contributed by atoms with E-state index in [2.05, 4.69) is 30.2 Å². The minimum absolute atomic E-state index is 0.0572. The lowest BCUT2D eigenvalue weighted by molar-refractivity contribution is -0.0882. The normalized spacial score (nSPS) is 27.0. The molecule has 1 saturated heterocycles. The number of aryl methyl sites for hydroxylation is 1. The predicted octanol–water partition coefficient (Wildman–Crippen LogP) is 2.06. The molecule has 1 aromatic heterocycles. The van der Waals surface area contributed by atoms with Gasteiger partial charge in [0.2, 0.25) is 0 Å². The van der Waals surface area contributed by atoms with E-state index in [4.69, 9.17) is 4.74 Å². The molecule has 0 radical (unpaired) electrons. The molecule has 3 heterocycles. The molecular formula is C13H18N2O. The highest BCUT2D eigenvalue weighted by atomic mass is 16.5. The van der Waals surface area contributed by atoms with Crippen molar-refractivity contribution in [3.05, 3.63) is 29.1 Å².